The molecule has 4 unspecified atom stereocenters. The zero-order chi connectivity index (χ0) is 13.4. The lowest BCUT2D eigenvalue weighted by molar-refractivity contribution is -0.120. The number of aliphatic hydroxyl groups is 1. The summed E-state index contributed by atoms with van der Waals surface area (Å²) in [4.78, 5) is 12.4. The average molecular weight is 257 g/mol. The van der Waals surface area contributed by atoms with Crippen molar-refractivity contribution in [3.05, 3.63) is 42.0 Å². The van der Waals surface area contributed by atoms with Gasteiger partial charge in [0.2, 0.25) is 5.91 Å². The van der Waals surface area contributed by atoms with E-state index in [-0.39, 0.29) is 11.8 Å². The lowest BCUT2D eigenvalue weighted by Gasteiger charge is -2.19. The third kappa shape index (κ3) is 2.30. The molecule has 19 heavy (non-hydrogen) atoms. The highest BCUT2D eigenvalue weighted by atomic mass is 16.3. The molecule has 2 N–H and O–H groups in total. The molecular formula is C16H19NO2. The lowest BCUT2D eigenvalue weighted by Crippen LogP contribution is -2.26. The zero-order valence-electron chi connectivity index (χ0n) is 11.0. The first-order chi connectivity index (χ1) is 9.15. The van der Waals surface area contributed by atoms with Crippen LogP contribution in [0.5, 0.6) is 0 Å². The number of carbonyl (C=O) groups is 1. The Morgan fingerprint density at radius 1 is 1.32 bits per heavy atom. The topological polar surface area (TPSA) is 49.3 Å². The van der Waals surface area contributed by atoms with E-state index in [0.29, 0.717) is 11.8 Å². The Morgan fingerprint density at radius 3 is 2.74 bits per heavy atom. The van der Waals surface area contributed by atoms with Crippen molar-refractivity contribution in [1.29, 1.82) is 0 Å². The van der Waals surface area contributed by atoms with Crippen LogP contribution in [-0.2, 0) is 4.79 Å². The molecule has 3 heteroatoms. The smallest absolute Gasteiger partial charge is 0.228 e. The third-order valence-electron chi connectivity index (χ3n) is 4.28. The van der Waals surface area contributed by atoms with E-state index in [4.69, 9.17) is 0 Å². The van der Waals surface area contributed by atoms with Crippen molar-refractivity contribution in [3.63, 3.8) is 0 Å². The van der Waals surface area contributed by atoms with Gasteiger partial charge >= 0.3 is 0 Å². The summed E-state index contributed by atoms with van der Waals surface area (Å²) in [5, 5.41) is 12.7. The van der Waals surface area contributed by atoms with E-state index >= 15 is 0 Å². The highest BCUT2D eigenvalue weighted by molar-refractivity contribution is 5.94. The maximum Gasteiger partial charge on any atom is 0.228 e. The quantitative estimate of drug-likeness (QED) is 0.818. The maximum absolute atomic E-state index is 12.4. The van der Waals surface area contributed by atoms with Crippen molar-refractivity contribution < 1.29 is 9.90 Å². The molecule has 100 valence electrons. The van der Waals surface area contributed by atoms with Crippen LogP contribution in [0.4, 0.5) is 5.69 Å². The first kappa shape index (κ1) is 12.4. The highest BCUT2D eigenvalue weighted by Crippen LogP contribution is 2.43. The number of para-hydroxylation sites is 1. The molecule has 1 aromatic rings. The molecule has 2 aliphatic rings. The summed E-state index contributed by atoms with van der Waals surface area (Å²) in [5.74, 6) is 1.18. The number of amides is 1. The second-order valence-corrected chi connectivity index (χ2v) is 5.64. The largest absolute Gasteiger partial charge is 0.389 e. The number of anilines is 1. The van der Waals surface area contributed by atoms with E-state index in [0.717, 1.165) is 24.1 Å². The Morgan fingerprint density at radius 2 is 2.11 bits per heavy atom. The Kier molecular flexibility index (Phi) is 3.15. The van der Waals surface area contributed by atoms with Crippen LogP contribution in [0.25, 0.3) is 0 Å². The fourth-order valence-corrected chi connectivity index (χ4v) is 3.28. The van der Waals surface area contributed by atoms with Crippen molar-refractivity contribution in [2.45, 2.75) is 25.9 Å². The second-order valence-electron chi connectivity index (χ2n) is 5.64. The predicted octanol–water partition coefficient (Wildman–Crippen LogP) is 2.89. The monoisotopic (exact) mass is 257 g/mol. The molecule has 0 spiro atoms. The molecule has 0 saturated heterocycles. The second kappa shape index (κ2) is 4.82. The van der Waals surface area contributed by atoms with Gasteiger partial charge in [-0.25, -0.2) is 0 Å². The first-order valence-electron chi connectivity index (χ1n) is 6.91. The van der Waals surface area contributed by atoms with Crippen molar-refractivity contribution in [2.75, 3.05) is 5.32 Å². The first-order valence-corrected chi connectivity index (χ1v) is 6.91. The Hall–Kier alpha value is -1.61. The highest BCUT2D eigenvalue weighted by Gasteiger charge is 2.39. The van der Waals surface area contributed by atoms with Crippen molar-refractivity contribution >= 4 is 11.6 Å². The lowest BCUT2D eigenvalue weighted by atomic mass is 9.92. The summed E-state index contributed by atoms with van der Waals surface area (Å²) >= 11 is 0. The molecule has 3 nitrogen and oxygen atoms in total. The van der Waals surface area contributed by atoms with Gasteiger partial charge in [-0.3, -0.25) is 4.79 Å². The molecule has 2 bridgehead atoms. The maximum atomic E-state index is 12.4. The third-order valence-corrected chi connectivity index (χ3v) is 4.28. The predicted molar refractivity (Wildman–Crippen MR) is 74.5 cm³/mol. The van der Waals surface area contributed by atoms with Crippen molar-refractivity contribution in [3.8, 4) is 0 Å². The van der Waals surface area contributed by atoms with Crippen LogP contribution in [0.1, 0.15) is 31.4 Å². The Bertz CT molecular complexity index is 521. The van der Waals surface area contributed by atoms with Crippen molar-refractivity contribution in [2.24, 2.45) is 17.8 Å². The number of carbonyl (C=O) groups excluding carboxylic acids is 1. The minimum atomic E-state index is -0.573. The zero-order valence-corrected chi connectivity index (χ0v) is 11.0. The standard InChI is InChI=1S/C16H19NO2/c1-10(18)13-4-2-3-5-15(13)17-16(19)14-9-11-6-7-12(14)8-11/h2-7,10-12,14,18H,8-9H2,1H3,(H,17,19). The number of nitrogens with one attached hydrogen (secondary N) is 1. The number of rotatable bonds is 3. The van der Waals surface area contributed by atoms with Gasteiger partial charge in [-0.15, -0.1) is 0 Å². The molecule has 0 aliphatic heterocycles. The van der Waals surface area contributed by atoms with E-state index in [1.807, 2.05) is 24.3 Å². The van der Waals surface area contributed by atoms with Crippen LogP contribution in [0.3, 0.4) is 0 Å². The summed E-state index contributed by atoms with van der Waals surface area (Å²) in [7, 11) is 0. The van der Waals surface area contributed by atoms with Gasteiger partial charge in [0.15, 0.2) is 0 Å². The van der Waals surface area contributed by atoms with E-state index in [2.05, 4.69) is 17.5 Å². The fraction of sp³-hybridized carbons (Fsp3) is 0.438. The molecular weight excluding hydrogens is 238 g/mol. The normalized spacial score (nSPS) is 29.5. The molecule has 1 amide bonds. The molecule has 4 atom stereocenters. The molecule has 0 heterocycles. The van der Waals surface area contributed by atoms with Crippen LogP contribution < -0.4 is 5.32 Å². The van der Waals surface area contributed by atoms with Gasteiger partial charge in [0.05, 0.1) is 6.10 Å². The molecule has 0 radical (unpaired) electrons. The van der Waals surface area contributed by atoms with Gasteiger partial charge in [-0.1, -0.05) is 30.4 Å². The fourth-order valence-electron chi connectivity index (χ4n) is 3.28. The summed E-state index contributed by atoms with van der Waals surface area (Å²) in [6.07, 6.45) is 5.92. The number of aliphatic hydroxyl groups excluding tert-OH is 1. The van der Waals surface area contributed by atoms with Crippen LogP contribution in [-0.4, -0.2) is 11.0 Å². The van der Waals surface area contributed by atoms with E-state index in [9.17, 15) is 9.90 Å². The summed E-state index contributed by atoms with van der Waals surface area (Å²) < 4.78 is 0. The van der Waals surface area contributed by atoms with E-state index in [1.54, 1.807) is 6.92 Å². The average Bonchev–Trinajstić information content (AvgIpc) is 3.01. The number of allylic oxidation sites excluding steroid dienone is 2. The van der Waals surface area contributed by atoms with Crippen LogP contribution >= 0.6 is 0 Å². The van der Waals surface area contributed by atoms with Gasteiger partial charge < -0.3 is 10.4 Å². The SMILES string of the molecule is CC(O)c1ccccc1NC(=O)C1CC2C=CC1C2. The van der Waals surface area contributed by atoms with E-state index in [1.165, 1.54) is 0 Å². The number of benzene rings is 1. The number of fused-ring (bicyclic) bond motifs is 2. The van der Waals surface area contributed by atoms with Gasteiger partial charge in [-0.05, 0) is 37.7 Å². The molecule has 0 aromatic heterocycles. The number of hydrogen-bond donors (Lipinski definition) is 2. The van der Waals surface area contributed by atoms with Crippen molar-refractivity contribution in [1.82, 2.24) is 0 Å². The molecule has 1 fully saturated rings. The number of hydrogen-bond acceptors (Lipinski definition) is 2. The van der Waals surface area contributed by atoms with Gasteiger partial charge in [0.1, 0.15) is 0 Å². The van der Waals surface area contributed by atoms with Crippen LogP contribution in [0.15, 0.2) is 36.4 Å². The van der Waals surface area contributed by atoms with Gasteiger partial charge in [-0.2, -0.15) is 0 Å². The summed E-state index contributed by atoms with van der Waals surface area (Å²) in [6.45, 7) is 1.71. The Labute approximate surface area is 113 Å². The van der Waals surface area contributed by atoms with Gasteiger partial charge in [0.25, 0.3) is 0 Å². The molecule has 2 aliphatic carbocycles. The Balaban J connectivity index is 1.75. The minimum Gasteiger partial charge on any atom is -0.389 e. The molecule has 1 saturated carbocycles. The molecule has 3 rings (SSSR count). The summed E-state index contributed by atoms with van der Waals surface area (Å²) in [6, 6.07) is 7.45. The van der Waals surface area contributed by atoms with Crippen LogP contribution in [0.2, 0.25) is 0 Å². The van der Waals surface area contributed by atoms with E-state index < -0.39 is 6.10 Å². The minimum absolute atomic E-state index is 0.0879. The summed E-state index contributed by atoms with van der Waals surface area (Å²) in [5.41, 5.74) is 1.50. The molecule has 1 aromatic carbocycles. The van der Waals surface area contributed by atoms with Crippen LogP contribution in [0, 0.1) is 17.8 Å². The van der Waals surface area contributed by atoms with Gasteiger partial charge in [0, 0.05) is 17.2 Å².